The van der Waals surface area contributed by atoms with Gasteiger partial charge in [-0.05, 0) is 48.7 Å². The Hall–Kier alpha value is -1.60. The molecule has 0 aliphatic heterocycles. The Balaban J connectivity index is 2.13. The summed E-state index contributed by atoms with van der Waals surface area (Å²) in [6.07, 6.45) is 2.39. The van der Waals surface area contributed by atoms with E-state index in [0.29, 0.717) is 5.92 Å². The van der Waals surface area contributed by atoms with Crippen LogP contribution in [0.25, 0.3) is 0 Å². The third kappa shape index (κ3) is 2.30. The molecule has 0 bridgehead atoms. The smallest absolute Gasteiger partial charge is 0.0181 e. The fraction of sp³-hybridized carbons (Fsp3) is 0.400. The molecule has 3 rings (SSSR count). The minimum absolute atomic E-state index is 0.135. The van der Waals surface area contributed by atoms with E-state index in [1.54, 1.807) is 0 Å². The molecule has 1 aliphatic rings. The Bertz CT molecular complexity index is 582. The van der Waals surface area contributed by atoms with Gasteiger partial charge < -0.3 is 5.32 Å². The molecule has 0 amide bonds. The second kappa shape index (κ2) is 5.65. The van der Waals surface area contributed by atoms with Crippen molar-refractivity contribution in [2.45, 2.75) is 38.0 Å². The first-order valence-corrected chi connectivity index (χ1v) is 8.02. The molecule has 1 nitrogen and oxygen atoms in total. The van der Waals surface area contributed by atoms with E-state index in [1.807, 2.05) is 7.05 Å². The van der Waals surface area contributed by atoms with Crippen LogP contribution in [0, 0.1) is 0 Å². The largest absolute Gasteiger partial charge is 0.320 e. The van der Waals surface area contributed by atoms with Crippen LogP contribution in [-0.2, 0) is 5.41 Å². The Labute approximate surface area is 128 Å². The van der Waals surface area contributed by atoms with Crippen molar-refractivity contribution in [3.8, 4) is 0 Å². The summed E-state index contributed by atoms with van der Waals surface area (Å²) < 4.78 is 0. The highest BCUT2D eigenvalue weighted by molar-refractivity contribution is 5.55. The van der Waals surface area contributed by atoms with Crippen LogP contribution in [0.1, 0.15) is 54.9 Å². The molecule has 0 atom stereocenters. The van der Waals surface area contributed by atoms with Crippen LogP contribution >= 0.6 is 0 Å². The molecule has 0 spiro atoms. The van der Waals surface area contributed by atoms with E-state index in [1.165, 1.54) is 35.1 Å². The third-order valence-electron chi connectivity index (χ3n) is 5.15. The zero-order chi connectivity index (χ0) is 14.9. The van der Waals surface area contributed by atoms with Gasteiger partial charge in [-0.3, -0.25) is 0 Å². The highest BCUT2D eigenvalue weighted by Gasteiger charge is 2.38. The minimum atomic E-state index is 0.135. The monoisotopic (exact) mass is 279 g/mol. The van der Waals surface area contributed by atoms with Crippen LogP contribution in [0.3, 0.4) is 0 Å². The van der Waals surface area contributed by atoms with Crippen LogP contribution < -0.4 is 5.32 Å². The molecule has 0 heterocycles. The van der Waals surface area contributed by atoms with Crippen LogP contribution in [0.2, 0.25) is 0 Å². The van der Waals surface area contributed by atoms with Crippen molar-refractivity contribution >= 4 is 0 Å². The molecule has 0 fully saturated rings. The number of hydrogen-bond acceptors (Lipinski definition) is 1. The fourth-order valence-corrected chi connectivity index (χ4v) is 3.95. The molecule has 0 unspecified atom stereocenters. The maximum Gasteiger partial charge on any atom is 0.0181 e. The number of benzene rings is 2. The first-order valence-electron chi connectivity index (χ1n) is 8.02. The first kappa shape index (κ1) is 14.3. The predicted octanol–water partition coefficient (Wildman–Crippen LogP) is 4.46. The van der Waals surface area contributed by atoms with E-state index >= 15 is 0 Å². The Morgan fingerprint density at radius 2 is 1.48 bits per heavy atom. The molecular weight excluding hydrogens is 254 g/mol. The summed E-state index contributed by atoms with van der Waals surface area (Å²) in [7, 11) is 2.03. The molecule has 0 radical (unpaired) electrons. The zero-order valence-corrected chi connectivity index (χ0v) is 13.3. The maximum atomic E-state index is 3.28. The van der Waals surface area contributed by atoms with Gasteiger partial charge in [-0.1, -0.05) is 62.4 Å². The molecule has 0 aromatic heterocycles. The molecule has 1 heteroatoms. The second-order valence-electron chi connectivity index (χ2n) is 6.44. The third-order valence-corrected chi connectivity index (χ3v) is 5.15. The number of hydrogen-bond donors (Lipinski definition) is 1. The van der Waals surface area contributed by atoms with Gasteiger partial charge in [-0.2, -0.15) is 0 Å². The van der Waals surface area contributed by atoms with Gasteiger partial charge in [-0.25, -0.2) is 0 Å². The van der Waals surface area contributed by atoms with Gasteiger partial charge in [-0.15, -0.1) is 0 Å². The van der Waals surface area contributed by atoms with Gasteiger partial charge in [0, 0.05) is 11.3 Å². The Morgan fingerprint density at radius 3 is 2.00 bits per heavy atom. The summed E-state index contributed by atoms with van der Waals surface area (Å²) in [5.41, 5.74) is 6.18. The summed E-state index contributed by atoms with van der Waals surface area (Å²) in [4.78, 5) is 0. The lowest BCUT2D eigenvalue weighted by atomic mass is 9.63. The van der Waals surface area contributed by atoms with Gasteiger partial charge >= 0.3 is 0 Å². The van der Waals surface area contributed by atoms with E-state index in [2.05, 4.69) is 67.7 Å². The summed E-state index contributed by atoms with van der Waals surface area (Å²) in [5, 5.41) is 3.28. The van der Waals surface area contributed by atoms with Crippen LogP contribution in [0.15, 0.2) is 48.5 Å². The lowest BCUT2D eigenvalue weighted by Gasteiger charge is -2.41. The second-order valence-corrected chi connectivity index (χ2v) is 6.44. The molecule has 1 aliphatic carbocycles. The standard InChI is InChI=1S/C20H25N/c1-15-16-9-4-6-11-18(16)20(2,13-8-14-21-3)19-12-7-5-10-17(15)19/h4-7,9-12,15,21H,8,13-14H2,1-3H3. The summed E-state index contributed by atoms with van der Waals surface area (Å²) in [6, 6.07) is 18.0. The molecule has 0 saturated heterocycles. The van der Waals surface area contributed by atoms with E-state index in [9.17, 15) is 0 Å². The van der Waals surface area contributed by atoms with E-state index < -0.39 is 0 Å². The summed E-state index contributed by atoms with van der Waals surface area (Å²) in [6.45, 7) is 5.84. The fourth-order valence-electron chi connectivity index (χ4n) is 3.95. The molecule has 21 heavy (non-hydrogen) atoms. The van der Waals surface area contributed by atoms with Crippen molar-refractivity contribution in [2.24, 2.45) is 0 Å². The van der Waals surface area contributed by atoms with E-state index in [0.717, 1.165) is 6.54 Å². The number of nitrogens with one attached hydrogen (secondary N) is 1. The summed E-state index contributed by atoms with van der Waals surface area (Å²) in [5.74, 6) is 0.495. The van der Waals surface area contributed by atoms with Gasteiger partial charge in [0.25, 0.3) is 0 Å². The molecule has 1 N–H and O–H groups in total. The van der Waals surface area contributed by atoms with Crippen molar-refractivity contribution < 1.29 is 0 Å². The Morgan fingerprint density at radius 1 is 0.952 bits per heavy atom. The SMILES string of the molecule is CNCCCC1(C)c2ccccc2C(C)c2ccccc21. The minimum Gasteiger partial charge on any atom is -0.320 e. The van der Waals surface area contributed by atoms with Crippen molar-refractivity contribution in [1.82, 2.24) is 5.32 Å². The first-order chi connectivity index (χ1) is 10.2. The van der Waals surface area contributed by atoms with E-state index in [4.69, 9.17) is 0 Å². The summed E-state index contributed by atoms with van der Waals surface area (Å²) >= 11 is 0. The van der Waals surface area contributed by atoms with Crippen molar-refractivity contribution in [3.63, 3.8) is 0 Å². The quantitative estimate of drug-likeness (QED) is 0.815. The number of fused-ring (bicyclic) bond motifs is 2. The van der Waals surface area contributed by atoms with Crippen molar-refractivity contribution in [1.29, 1.82) is 0 Å². The average molecular weight is 279 g/mol. The molecule has 110 valence electrons. The highest BCUT2D eigenvalue weighted by Crippen LogP contribution is 2.48. The normalized spacial score (nSPS) is 23.5. The molecule has 0 saturated carbocycles. The van der Waals surface area contributed by atoms with Crippen molar-refractivity contribution in [2.75, 3.05) is 13.6 Å². The van der Waals surface area contributed by atoms with Crippen LogP contribution in [0.5, 0.6) is 0 Å². The molecule has 2 aromatic rings. The van der Waals surface area contributed by atoms with Gasteiger partial charge in [0.1, 0.15) is 0 Å². The lowest BCUT2D eigenvalue weighted by Crippen LogP contribution is -2.32. The topological polar surface area (TPSA) is 12.0 Å². The number of rotatable bonds is 4. The van der Waals surface area contributed by atoms with E-state index in [-0.39, 0.29) is 5.41 Å². The zero-order valence-electron chi connectivity index (χ0n) is 13.3. The van der Waals surface area contributed by atoms with Crippen LogP contribution in [0.4, 0.5) is 0 Å². The van der Waals surface area contributed by atoms with Gasteiger partial charge in [0.2, 0.25) is 0 Å². The average Bonchev–Trinajstić information content (AvgIpc) is 2.53. The molecule has 2 aromatic carbocycles. The highest BCUT2D eigenvalue weighted by atomic mass is 14.8. The predicted molar refractivity (Wildman–Crippen MR) is 90.0 cm³/mol. The van der Waals surface area contributed by atoms with Gasteiger partial charge in [0.05, 0.1) is 0 Å². The van der Waals surface area contributed by atoms with Gasteiger partial charge in [0.15, 0.2) is 0 Å². The lowest BCUT2D eigenvalue weighted by molar-refractivity contribution is 0.469. The Kier molecular flexibility index (Phi) is 3.86. The maximum absolute atomic E-state index is 3.28. The van der Waals surface area contributed by atoms with Crippen LogP contribution in [-0.4, -0.2) is 13.6 Å². The molecular formula is C20H25N. The van der Waals surface area contributed by atoms with Crippen molar-refractivity contribution in [3.05, 3.63) is 70.8 Å².